The molecule has 0 amide bonds. The van der Waals surface area contributed by atoms with Crippen molar-refractivity contribution in [2.45, 2.75) is 43.2 Å². The van der Waals surface area contributed by atoms with Crippen LogP contribution in [-0.2, 0) is 10.5 Å². The van der Waals surface area contributed by atoms with Crippen LogP contribution >= 0.6 is 0 Å². The number of anilines is 1. The van der Waals surface area contributed by atoms with Crippen LogP contribution in [-0.4, -0.2) is 60.6 Å². The minimum Gasteiger partial charge on any atom is -0.387 e. The highest BCUT2D eigenvalue weighted by Gasteiger charge is 2.64. The van der Waals surface area contributed by atoms with Crippen LogP contribution in [0.25, 0.3) is 11.2 Å². The zero-order valence-corrected chi connectivity index (χ0v) is 12.8. The van der Waals surface area contributed by atoms with Crippen LogP contribution in [0.1, 0.15) is 19.8 Å². The molecule has 0 aliphatic carbocycles. The van der Waals surface area contributed by atoms with Crippen molar-refractivity contribution in [2.24, 2.45) is 0 Å². The Morgan fingerprint density at radius 2 is 2.26 bits per heavy atom. The normalized spacial score (nSPS) is 37.7. The zero-order valence-electron chi connectivity index (χ0n) is 12.8. The quantitative estimate of drug-likeness (QED) is 0.551. The summed E-state index contributed by atoms with van der Waals surface area (Å²) in [6, 6.07) is -0.276. The first-order valence-electron chi connectivity index (χ1n) is 7.70. The smallest absolute Gasteiger partial charge is 0.177 e. The Morgan fingerprint density at radius 3 is 3.00 bits per heavy atom. The van der Waals surface area contributed by atoms with Crippen LogP contribution < -0.4 is 11.1 Å². The Morgan fingerprint density at radius 1 is 1.43 bits per heavy atom. The average molecular weight is 320 g/mol. The summed E-state index contributed by atoms with van der Waals surface area (Å²) in [6.45, 7) is 2.57. The lowest BCUT2D eigenvalue weighted by Crippen LogP contribution is -2.65. The molecule has 124 valence electrons. The van der Waals surface area contributed by atoms with Gasteiger partial charge in [-0.25, -0.2) is 15.0 Å². The van der Waals surface area contributed by atoms with Crippen LogP contribution in [0.3, 0.4) is 0 Å². The molecule has 2 aromatic rings. The van der Waals surface area contributed by atoms with Crippen molar-refractivity contribution in [3.05, 3.63) is 12.7 Å². The van der Waals surface area contributed by atoms with E-state index in [1.807, 2.05) is 0 Å². The summed E-state index contributed by atoms with van der Waals surface area (Å²) in [6.07, 6.45) is 3.55. The number of aliphatic hydroxyl groups is 2. The molecule has 0 bridgehead atoms. The summed E-state index contributed by atoms with van der Waals surface area (Å²) < 4.78 is 7.49. The molecule has 4 unspecified atom stereocenters. The monoisotopic (exact) mass is 320 g/mol. The number of hydrogen-bond donors (Lipinski definition) is 4. The van der Waals surface area contributed by atoms with Crippen molar-refractivity contribution in [3.8, 4) is 0 Å². The number of nitrogens with one attached hydrogen (secondary N) is 1. The molecule has 2 aromatic heterocycles. The molecule has 0 saturated carbocycles. The molecule has 5 N–H and O–H groups in total. The SMILES string of the molecule is CC1(n2cnc3c(N)ncnc32)OCC(O)C1(O)C1CCCN1. The second-order valence-electron chi connectivity index (χ2n) is 6.33. The Kier molecular flexibility index (Phi) is 3.11. The Bertz CT molecular complexity index is 745. The molecule has 2 aliphatic rings. The van der Waals surface area contributed by atoms with Gasteiger partial charge in [-0.3, -0.25) is 4.57 Å². The number of ether oxygens (including phenoxy) is 1. The number of imidazole rings is 1. The van der Waals surface area contributed by atoms with Gasteiger partial charge in [-0.1, -0.05) is 0 Å². The standard InChI is InChI=1S/C14H20N6O3/c1-13(20-7-19-10-11(15)17-6-18-12(10)20)14(22,9(21)5-23-13)8-3-2-4-16-8/h6-9,16,21-22H,2-5H2,1H3,(H2,15,17,18). The van der Waals surface area contributed by atoms with Crippen molar-refractivity contribution >= 4 is 17.0 Å². The third kappa shape index (κ3) is 1.78. The summed E-state index contributed by atoms with van der Waals surface area (Å²) in [7, 11) is 0. The largest absolute Gasteiger partial charge is 0.387 e. The fraction of sp³-hybridized carbons (Fsp3) is 0.643. The zero-order chi connectivity index (χ0) is 16.2. The van der Waals surface area contributed by atoms with Gasteiger partial charge >= 0.3 is 0 Å². The van der Waals surface area contributed by atoms with E-state index >= 15 is 0 Å². The van der Waals surface area contributed by atoms with E-state index in [9.17, 15) is 10.2 Å². The van der Waals surface area contributed by atoms with Crippen molar-refractivity contribution < 1.29 is 14.9 Å². The van der Waals surface area contributed by atoms with Crippen LogP contribution in [0.15, 0.2) is 12.7 Å². The van der Waals surface area contributed by atoms with Gasteiger partial charge in [0.25, 0.3) is 0 Å². The minimum absolute atomic E-state index is 0.0332. The number of hydrogen-bond acceptors (Lipinski definition) is 8. The number of nitrogen functional groups attached to an aromatic ring is 1. The first kappa shape index (κ1) is 14.8. The molecule has 0 radical (unpaired) electrons. The number of rotatable bonds is 2. The molecule has 0 aromatic carbocycles. The van der Waals surface area contributed by atoms with E-state index in [1.165, 1.54) is 12.7 Å². The van der Waals surface area contributed by atoms with Gasteiger partial charge < -0.3 is 26.0 Å². The van der Waals surface area contributed by atoms with Crippen molar-refractivity contribution in [1.29, 1.82) is 0 Å². The molecule has 9 heteroatoms. The molecule has 4 atom stereocenters. The molecule has 4 rings (SSSR count). The van der Waals surface area contributed by atoms with E-state index in [-0.39, 0.29) is 18.5 Å². The summed E-state index contributed by atoms with van der Waals surface area (Å²) in [4.78, 5) is 12.4. The van der Waals surface area contributed by atoms with E-state index in [1.54, 1.807) is 11.5 Å². The second-order valence-corrected chi connectivity index (χ2v) is 6.33. The molecule has 2 fully saturated rings. The first-order chi connectivity index (χ1) is 11.0. The van der Waals surface area contributed by atoms with E-state index < -0.39 is 17.4 Å². The summed E-state index contributed by atoms with van der Waals surface area (Å²) in [5.41, 5.74) is 4.02. The molecule has 23 heavy (non-hydrogen) atoms. The molecule has 0 spiro atoms. The van der Waals surface area contributed by atoms with Crippen LogP contribution in [0.4, 0.5) is 5.82 Å². The Balaban J connectivity index is 1.89. The Labute approximate surface area is 132 Å². The fourth-order valence-corrected chi connectivity index (χ4v) is 3.84. The molecule has 4 heterocycles. The van der Waals surface area contributed by atoms with Crippen LogP contribution in [0.2, 0.25) is 0 Å². The highest BCUT2D eigenvalue weighted by Crippen LogP contribution is 2.45. The van der Waals surface area contributed by atoms with Gasteiger partial charge in [-0.2, -0.15) is 0 Å². The van der Waals surface area contributed by atoms with Crippen molar-refractivity contribution in [1.82, 2.24) is 24.8 Å². The number of fused-ring (bicyclic) bond motifs is 1. The molecular weight excluding hydrogens is 300 g/mol. The number of nitrogens with two attached hydrogens (primary N) is 1. The first-order valence-corrected chi connectivity index (χ1v) is 7.70. The third-order valence-corrected chi connectivity index (χ3v) is 5.19. The van der Waals surface area contributed by atoms with Gasteiger partial charge in [0.15, 0.2) is 22.8 Å². The average Bonchev–Trinajstić information content (AvgIpc) is 3.24. The predicted molar refractivity (Wildman–Crippen MR) is 81.3 cm³/mol. The van der Waals surface area contributed by atoms with Gasteiger partial charge in [0, 0.05) is 6.04 Å². The van der Waals surface area contributed by atoms with Crippen LogP contribution in [0.5, 0.6) is 0 Å². The summed E-state index contributed by atoms with van der Waals surface area (Å²) in [5.74, 6) is 0.262. The van der Waals surface area contributed by atoms with Gasteiger partial charge in [0.05, 0.1) is 12.9 Å². The molecule has 2 aliphatic heterocycles. The summed E-state index contributed by atoms with van der Waals surface area (Å²) >= 11 is 0. The number of aromatic nitrogens is 4. The second kappa shape index (κ2) is 4.84. The molecule has 2 saturated heterocycles. The lowest BCUT2D eigenvalue weighted by molar-refractivity contribution is -0.189. The van der Waals surface area contributed by atoms with E-state index in [0.717, 1.165) is 19.4 Å². The van der Waals surface area contributed by atoms with Gasteiger partial charge in [0.2, 0.25) is 0 Å². The van der Waals surface area contributed by atoms with E-state index in [4.69, 9.17) is 10.5 Å². The maximum absolute atomic E-state index is 11.4. The number of nitrogens with zero attached hydrogens (tertiary/aromatic N) is 4. The topological polar surface area (TPSA) is 131 Å². The lowest BCUT2D eigenvalue weighted by atomic mass is 9.80. The fourth-order valence-electron chi connectivity index (χ4n) is 3.84. The molecular formula is C14H20N6O3. The third-order valence-electron chi connectivity index (χ3n) is 5.19. The van der Waals surface area contributed by atoms with Gasteiger partial charge in [-0.15, -0.1) is 0 Å². The van der Waals surface area contributed by atoms with Crippen molar-refractivity contribution in [3.63, 3.8) is 0 Å². The van der Waals surface area contributed by atoms with E-state index in [2.05, 4.69) is 20.3 Å². The van der Waals surface area contributed by atoms with E-state index in [0.29, 0.717) is 11.2 Å². The lowest BCUT2D eigenvalue weighted by Gasteiger charge is -2.43. The predicted octanol–water partition coefficient (Wildman–Crippen LogP) is -1.04. The van der Waals surface area contributed by atoms with Crippen LogP contribution in [0, 0.1) is 0 Å². The maximum Gasteiger partial charge on any atom is 0.177 e. The highest BCUT2D eigenvalue weighted by molar-refractivity contribution is 5.81. The van der Waals surface area contributed by atoms with Gasteiger partial charge in [0.1, 0.15) is 17.9 Å². The Hall–Kier alpha value is -1.81. The van der Waals surface area contributed by atoms with Crippen molar-refractivity contribution in [2.75, 3.05) is 18.9 Å². The number of aliphatic hydroxyl groups excluding tert-OH is 1. The minimum atomic E-state index is -1.50. The van der Waals surface area contributed by atoms with Gasteiger partial charge in [-0.05, 0) is 26.3 Å². The highest BCUT2D eigenvalue weighted by atomic mass is 16.6. The maximum atomic E-state index is 11.4. The molecule has 9 nitrogen and oxygen atoms in total. The summed E-state index contributed by atoms with van der Waals surface area (Å²) in [5, 5.41) is 25.1.